The van der Waals surface area contributed by atoms with Crippen LogP contribution >= 0.6 is 27.3 Å². The lowest BCUT2D eigenvalue weighted by Crippen LogP contribution is -2.53. The van der Waals surface area contributed by atoms with Crippen molar-refractivity contribution in [3.05, 3.63) is 79.3 Å². The average Bonchev–Trinajstić information content (AvgIpc) is 3.55. The molecule has 3 aromatic heterocycles. The van der Waals surface area contributed by atoms with Crippen molar-refractivity contribution in [3.63, 3.8) is 0 Å². The number of benzene rings is 1. The number of rotatable bonds is 5. The summed E-state index contributed by atoms with van der Waals surface area (Å²) in [7, 11) is 1.84. The number of carbonyl (C=O) groups excluding carboxylic acids is 2. The Bertz CT molecular complexity index is 1690. The Balaban J connectivity index is 1.16. The minimum absolute atomic E-state index is 0.0519. The van der Waals surface area contributed by atoms with Gasteiger partial charge in [-0.3, -0.25) is 19.0 Å². The van der Waals surface area contributed by atoms with Gasteiger partial charge in [-0.25, -0.2) is 9.97 Å². The maximum atomic E-state index is 14.0. The molecule has 2 aliphatic heterocycles. The minimum Gasteiger partial charge on any atom is -0.388 e. The van der Waals surface area contributed by atoms with Gasteiger partial charge in [0.15, 0.2) is 3.92 Å². The smallest absolute Gasteiger partial charge is 0.265 e. The molecule has 2 fully saturated rings. The molecule has 0 radical (unpaired) electrons. The lowest BCUT2D eigenvalue weighted by molar-refractivity contribution is -0.142. The molecule has 0 unspecified atom stereocenters. The molecule has 2 saturated heterocycles. The van der Waals surface area contributed by atoms with Crippen molar-refractivity contribution < 1.29 is 14.7 Å². The predicted molar refractivity (Wildman–Crippen MR) is 163 cm³/mol. The molecule has 10 nitrogen and oxygen atoms in total. The molecule has 0 saturated carbocycles. The lowest BCUT2D eigenvalue weighted by Gasteiger charge is -2.43. The van der Waals surface area contributed by atoms with Crippen LogP contribution in [0.4, 0.5) is 0 Å². The summed E-state index contributed by atoms with van der Waals surface area (Å²) in [6, 6.07) is 11.7. The van der Waals surface area contributed by atoms with Crippen LogP contribution in [0, 0.1) is 12.8 Å². The Hall–Kier alpha value is -3.35. The standard InChI is InChI=1S/C30H33BrN6O4S/c1-19-24(42-29(31)33-19)28(40)36-13-9-21(23(16-36)20-6-4-3-5-7-20)26(38)35-14-10-30(41,11-15-35)17-37-18-32-25-22(27(37)39)8-12-34(25)2/h3-8,12,18,21,23,41H,9-11,13-17H2,1-2H3/t21-,23+/m1/s1. The molecule has 2 atom stereocenters. The lowest BCUT2D eigenvalue weighted by atomic mass is 9.79. The van der Waals surface area contributed by atoms with Crippen LogP contribution in [0.3, 0.4) is 0 Å². The fourth-order valence-electron chi connectivity index (χ4n) is 6.32. The van der Waals surface area contributed by atoms with Crippen molar-refractivity contribution in [2.24, 2.45) is 13.0 Å². The van der Waals surface area contributed by atoms with E-state index in [-0.39, 0.29) is 35.8 Å². The second-order valence-electron chi connectivity index (χ2n) is 11.4. The monoisotopic (exact) mass is 652 g/mol. The van der Waals surface area contributed by atoms with Gasteiger partial charge >= 0.3 is 0 Å². The van der Waals surface area contributed by atoms with Crippen LogP contribution in [0.5, 0.6) is 0 Å². The Labute approximate surface area is 255 Å². The first kappa shape index (κ1) is 28.8. The van der Waals surface area contributed by atoms with Gasteiger partial charge in [0.05, 0.1) is 23.2 Å². The fourth-order valence-corrected chi connectivity index (χ4v) is 7.83. The summed E-state index contributed by atoms with van der Waals surface area (Å²) in [5.74, 6) is -0.413. The molecule has 2 aliphatic rings. The SMILES string of the molecule is Cc1nc(Br)sc1C(=O)N1CC[C@@H](C(=O)N2CCC(O)(Cn3cnc4c(ccn4C)c3=O)CC2)[C@H](c2ccccc2)C1. The number of nitrogens with zero attached hydrogens (tertiary/aromatic N) is 6. The molecule has 2 amide bonds. The first-order chi connectivity index (χ1) is 20.1. The second kappa shape index (κ2) is 11.4. The number of likely N-dealkylation sites (tertiary alicyclic amines) is 2. The molecule has 1 aromatic carbocycles. The van der Waals surface area contributed by atoms with Crippen molar-refractivity contribution >= 4 is 50.1 Å². The Kier molecular flexibility index (Phi) is 7.79. The van der Waals surface area contributed by atoms with Crippen LogP contribution in [-0.2, 0) is 18.4 Å². The van der Waals surface area contributed by atoms with Gasteiger partial charge in [-0.05, 0) is 53.7 Å². The van der Waals surface area contributed by atoms with Gasteiger partial charge in [-0.15, -0.1) is 11.3 Å². The number of aliphatic hydroxyl groups is 1. The third kappa shape index (κ3) is 5.43. The molecular weight excluding hydrogens is 620 g/mol. The summed E-state index contributed by atoms with van der Waals surface area (Å²) in [6.07, 6.45) is 4.58. The molecule has 42 heavy (non-hydrogen) atoms. The van der Waals surface area contributed by atoms with E-state index in [1.165, 1.54) is 22.2 Å². The molecule has 0 spiro atoms. The molecule has 5 heterocycles. The van der Waals surface area contributed by atoms with Crippen molar-refractivity contribution in [1.29, 1.82) is 0 Å². The number of fused-ring (bicyclic) bond motifs is 1. The largest absolute Gasteiger partial charge is 0.388 e. The number of hydrogen-bond acceptors (Lipinski definition) is 7. The number of carbonyl (C=O) groups is 2. The normalized spacial score (nSPS) is 20.7. The highest BCUT2D eigenvalue weighted by Crippen LogP contribution is 2.37. The number of amides is 2. The Morgan fingerprint density at radius 3 is 2.55 bits per heavy atom. The zero-order valence-electron chi connectivity index (χ0n) is 23.6. The van der Waals surface area contributed by atoms with Crippen molar-refractivity contribution in [2.75, 3.05) is 26.2 Å². The van der Waals surface area contributed by atoms with Gasteiger partial charge in [0, 0.05) is 51.3 Å². The third-order valence-electron chi connectivity index (χ3n) is 8.73. The summed E-state index contributed by atoms with van der Waals surface area (Å²) in [6.45, 7) is 3.71. The first-order valence-electron chi connectivity index (χ1n) is 14.1. The predicted octanol–water partition coefficient (Wildman–Crippen LogP) is 3.56. The van der Waals surface area contributed by atoms with Gasteiger partial charge in [0.1, 0.15) is 16.9 Å². The van der Waals surface area contributed by atoms with Crippen molar-refractivity contribution in [3.8, 4) is 0 Å². The van der Waals surface area contributed by atoms with E-state index in [9.17, 15) is 19.5 Å². The molecule has 4 aromatic rings. The minimum atomic E-state index is -1.11. The highest BCUT2D eigenvalue weighted by atomic mass is 79.9. The van der Waals surface area contributed by atoms with Crippen LogP contribution < -0.4 is 5.56 Å². The maximum Gasteiger partial charge on any atom is 0.265 e. The van der Waals surface area contributed by atoms with Gasteiger partial charge in [-0.1, -0.05) is 30.3 Å². The second-order valence-corrected chi connectivity index (χ2v) is 13.7. The number of aromatic nitrogens is 4. The van der Waals surface area contributed by atoms with Gasteiger partial charge in [0.2, 0.25) is 5.91 Å². The van der Waals surface area contributed by atoms with E-state index in [0.29, 0.717) is 71.0 Å². The topological polar surface area (TPSA) is 114 Å². The number of piperidine rings is 2. The van der Waals surface area contributed by atoms with Gasteiger partial charge in [-0.2, -0.15) is 0 Å². The molecule has 12 heteroatoms. The first-order valence-corrected chi connectivity index (χ1v) is 15.7. The molecule has 220 valence electrons. The summed E-state index contributed by atoms with van der Waals surface area (Å²) < 4.78 is 3.95. The summed E-state index contributed by atoms with van der Waals surface area (Å²) >= 11 is 4.72. The van der Waals surface area contributed by atoms with E-state index in [4.69, 9.17) is 0 Å². The highest BCUT2D eigenvalue weighted by Gasteiger charge is 2.42. The summed E-state index contributed by atoms with van der Waals surface area (Å²) in [4.78, 5) is 53.5. The average molecular weight is 654 g/mol. The molecule has 0 bridgehead atoms. The number of halogens is 1. The van der Waals surface area contributed by atoms with E-state index in [2.05, 4.69) is 25.9 Å². The highest BCUT2D eigenvalue weighted by molar-refractivity contribution is 9.11. The molecular formula is C30H33BrN6O4S. The Morgan fingerprint density at radius 1 is 1.12 bits per heavy atom. The van der Waals surface area contributed by atoms with E-state index < -0.39 is 5.60 Å². The van der Waals surface area contributed by atoms with Crippen LogP contribution in [0.15, 0.2) is 57.6 Å². The van der Waals surface area contributed by atoms with E-state index >= 15 is 0 Å². The van der Waals surface area contributed by atoms with Crippen LogP contribution in [0.1, 0.15) is 46.1 Å². The molecule has 0 aliphatic carbocycles. The Morgan fingerprint density at radius 2 is 1.86 bits per heavy atom. The van der Waals surface area contributed by atoms with E-state index in [1.807, 2.05) is 54.1 Å². The van der Waals surface area contributed by atoms with Crippen LogP contribution in [0.2, 0.25) is 0 Å². The molecule has 1 N–H and O–H groups in total. The fraction of sp³-hybridized carbons (Fsp3) is 0.433. The number of thiazole rings is 1. The quantitative estimate of drug-likeness (QED) is 0.353. The number of hydrogen-bond donors (Lipinski definition) is 1. The third-order valence-corrected chi connectivity index (χ3v) is 10.3. The van der Waals surface area contributed by atoms with Gasteiger partial charge < -0.3 is 19.5 Å². The maximum absolute atomic E-state index is 14.0. The zero-order chi connectivity index (χ0) is 29.6. The van der Waals surface area contributed by atoms with E-state index in [1.54, 1.807) is 16.8 Å². The van der Waals surface area contributed by atoms with Crippen LogP contribution in [0.25, 0.3) is 11.0 Å². The number of aryl methyl sites for hydroxylation is 2. The van der Waals surface area contributed by atoms with Crippen LogP contribution in [-0.4, -0.2) is 77.6 Å². The zero-order valence-corrected chi connectivity index (χ0v) is 26.0. The van der Waals surface area contributed by atoms with Gasteiger partial charge in [0.25, 0.3) is 11.5 Å². The van der Waals surface area contributed by atoms with Crippen molar-refractivity contribution in [2.45, 2.75) is 44.2 Å². The van der Waals surface area contributed by atoms with E-state index in [0.717, 1.165) is 5.56 Å². The van der Waals surface area contributed by atoms with Crippen molar-refractivity contribution in [1.82, 2.24) is 28.9 Å². The molecule has 6 rings (SSSR count). The summed E-state index contributed by atoms with van der Waals surface area (Å²) in [5.41, 5.74) is 1.06. The summed E-state index contributed by atoms with van der Waals surface area (Å²) in [5, 5.41) is 11.9.